The van der Waals surface area contributed by atoms with Crippen LogP contribution in [0.3, 0.4) is 0 Å². The minimum absolute atomic E-state index is 0.128. The summed E-state index contributed by atoms with van der Waals surface area (Å²) in [5.41, 5.74) is 1.94. The van der Waals surface area contributed by atoms with Crippen LogP contribution in [0.2, 0.25) is 0 Å². The number of piperazine rings is 1. The smallest absolute Gasteiger partial charge is 0.246 e. The van der Waals surface area contributed by atoms with Crippen molar-refractivity contribution in [2.24, 2.45) is 0 Å². The SMILES string of the molecule is O=C([O-])COCC(=O)N[C@H]1CCN2C(=O)[C@@H](Cc3c[nH]c4ccccc34)NC(=O)[C@@H]2C1. The number of piperidine rings is 1. The Kier molecular flexibility index (Phi) is 5.90. The van der Waals surface area contributed by atoms with Crippen LogP contribution in [-0.2, 0) is 30.3 Å². The van der Waals surface area contributed by atoms with Gasteiger partial charge >= 0.3 is 0 Å². The van der Waals surface area contributed by atoms with E-state index in [-0.39, 0.29) is 17.9 Å². The number of hydrogen-bond acceptors (Lipinski definition) is 6. The Morgan fingerprint density at radius 3 is 2.84 bits per heavy atom. The maximum atomic E-state index is 13.0. The van der Waals surface area contributed by atoms with Crippen molar-refractivity contribution in [3.8, 4) is 0 Å². The molecule has 0 saturated carbocycles. The van der Waals surface area contributed by atoms with Gasteiger partial charge in [0.25, 0.3) is 0 Å². The molecule has 1 aromatic heterocycles. The second-order valence-corrected chi connectivity index (χ2v) is 7.83. The van der Waals surface area contributed by atoms with Gasteiger partial charge in [-0.15, -0.1) is 0 Å². The van der Waals surface area contributed by atoms with Crippen molar-refractivity contribution in [3.63, 3.8) is 0 Å². The number of H-pyrrole nitrogens is 1. The first-order valence-corrected chi connectivity index (χ1v) is 10.1. The van der Waals surface area contributed by atoms with Crippen molar-refractivity contribution in [1.82, 2.24) is 20.5 Å². The van der Waals surface area contributed by atoms with Crippen molar-refractivity contribution < 1.29 is 29.0 Å². The molecule has 3 heterocycles. The van der Waals surface area contributed by atoms with E-state index in [1.807, 2.05) is 30.5 Å². The largest absolute Gasteiger partial charge is 0.548 e. The van der Waals surface area contributed by atoms with Crippen LogP contribution in [0.4, 0.5) is 0 Å². The first-order chi connectivity index (χ1) is 14.9. The molecule has 1 aromatic carbocycles. The number of rotatable bonds is 7. The minimum atomic E-state index is -1.40. The molecule has 0 bridgehead atoms. The topological polar surface area (TPSA) is 144 Å². The highest BCUT2D eigenvalue weighted by Gasteiger charge is 2.44. The number of carbonyl (C=O) groups is 4. The molecule has 3 amide bonds. The lowest BCUT2D eigenvalue weighted by molar-refractivity contribution is -0.309. The quantitative estimate of drug-likeness (QED) is 0.488. The number of aromatic amines is 1. The highest BCUT2D eigenvalue weighted by molar-refractivity contribution is 5.98. The van der Waals surface area contributed by atoms with Gasteiger partial charge in [-0.05, 0) is 24.5 Å². The maximum Gasteiger partial charge on any atom is 0.246 e. The number of nitrogens with zero attached hydrogens (tertiary/aromatic N) is 1. The molecule has 4 rings (SSSR count). The predicted octanol–water partition coefficient (Wildman–Crippen LogP) is -1.55. The van der Waals surface area contributed by atoms with Crippen molar-refractivity contribution in [1.29, 1.82) is 0 Å². The maximum absolute atomic E-state index is 13.0. The van der Waals surface area contributed by atoms with E-state index in [9.17, 15) is 24.3 Å². The van der Waals surface area contributed by atoms with Crippen molar-refractivity contribution in [2.45, 2.75) is 37.4 Å². The number of amides is 3. The molecule has 2 aliphatic rings. The van der Waals surface area contributed by atoms with E-state index in [0.29, 0.717) is 25.8 Å². The Hall–Kier alpha value is -3.40. The normalized spacial score (nSPS) is 23.4. The number of nitrogens with one attached hydrogen (secondary N) is 3. The summed E-state index contributed by atoms with van der Waals surface area (Å²) in [7, 11) is 0. The monoisotopic (exact) mass is 427 g/mol. The Labute approximate surface area is 177 Å². The molecule has 0 radical (unpaired) electrons. The third-order valence-electron chi connectivity index (χ3n) is 5.72. The number of hydrogen-bond donors (Lipinski definition) is 3. The second-order valence-electron chi connectivity index (χ2n) is 7.83. The standard InChI is InChI=1S/C21H24N4O6/c26-18(10-31-11-19(27)28)23-13-5-6-25-17(8-13)20(29)24-16(21(25)30)7-12-9-22-15-4-2-1-3-14(12)15/h1-4,9,13,16-17,22H,5-8,10-11H2,(H,23,26)(H,24,29)(H,27,28)/p-1/t13-,16+,17-/m0/s1. The van der Waals surface area contributed by atoms with Gasteiger partial charge in [0, 0.05) is 36.1 Å². The van der Waals surface area contributed by atoms with Crippen LogP contribution in [0, 0.1) is 0 Å². The number of fused-ring (bicyclic) bond motifs is 2. The number of benzene rings is 1. The van der Waals surface area contributed by atoms with Gasteiger partial charge in [0.1, 0.15) is 18.7 Å². The van der Waals surface area contributed by atoms with E-state index in [1.165, 1.54) is 0 Å². The first-order valence-electron chi connectivity index (χ1n) is 10.1. The van der Waals surface area contributed by atoms with Crippen molar-refractivity contribution >= 4 is 34.6 Å². The number of aliphatic carboxylic acids is 1. The highest BCUT2D eigenvalue weighted by Crippen LogP contribution is 2.25. The predicted molar refractivity (Wildman–Crippen MR) is 106 cm³/mol. The Balaban J connectivity index is 1.36. The van der Waals surface area contributed by atoms with Gasteiger partial charge in [-0.2, -0.15) is 0 Å². The Morgan fingerprint density at radius 1 is 1.23 bits per heavy atom. The van der Waals surface area contributed by atoms with Crippen LogP contribution in [0.1, 0.15) is 18.4 Å². The van der Waals surface area contributed by atoms with Crippen LogP contribution < -0.4 is 15.7 Å². The summed E-state index contributed by atoms with van der Waals surface area (Å²) in [5.74, 6) is -2.24. The fourth-order valence-corrected chi connectivity index (χ4v) is 4.29. The van der Waals surface area contributed by atoms with Crippen LogP contribution in [0.5, 0.6) is 0 Å². The molecule has 0 spiro atoms. The van der Waals surface area contributed by atoms with Gasteiger partial charge in [0.15, 0.2) is 0 Å². The Bertz CT molecular complexity index is 1020. The zero-order chi connectivity index (χ0) is 22.0. The summed E-state index contributed by atoms with van der Waals surface area (Å²) >= 11 is 0. The number of aromatic nitrogens is 1. The number of carboxylic acids is 1. The lowest BCUT2D eigenvalue weighted by Crippen LogP contribution is -2.67. The van der Waals surface area contributed by atoms with Crippen molar-refractivity contribution in [3.05, 3.63) is 36.0 Å². The fourth-order valence-electron chi connectivity index (χ4n) is 4.29. The van der Waals surface area contributed by atoms with Gasteiger partial charge in [0.05, 0.1) is 12.6 Å². The van der Waals surface area contributed by atoms with Gasteiger partial charge in [-0.25, -0.2) is 0 Å². The molecule has 2 fully saturated rings. The molecule has 2 aromatic rings. The molecular formula is C21H23N4O6-. The summed E-state index contributed by atoms with van der Waals surface area (Å²) in [5, 5.41) is 16.9. The summed E-state index contributed by atoms with van der Waals surface area (Å²) in [6.45, 7) is -0.716. The minimum Gasteiger partial charge on any atom is -0.548 e. The molecule has 31 heavy (non-hydrogen) atoms. The summed E-state index contributed by atoms with van der Waals surface area (Å²) in [6.07, 6.45) is 3.05. The summed E-state index contributed by atoms with van der Waals surface area (Å²) in [4.78, 5) is 52.8. The number of carboxylic acid groups (broad SMARTS) is 1. The number of para-hydroxylation sites is 1. The van der Waals surface area contributed by atoms with Gasteiger partial charge < -0.3 is 35.2 Å². The summed E-state index contributed by atoms with van der Waals surface area (Å²) < 4.78 is 4.72. The zero-order valence-corrected chi connectivity index (χ0v) is 16.8. The molecule has 2 saturated heterocycles. The number of carbonyl (C=O) groups excluding carboxylic acids is 4. The molecule has 3 atom stereocenters. The zero-order valence-electron chi connectivity index (χ0n) is 16.8. The second kappa shape index (κ2) is 8.76. The van der Waals surface area contributed by atoms with Crippen LogP contribution in [0.15, 0.2) is 30.5 Å². The van der Waals surface area contributed by atoms with Gasteiger partial charge in [-0.1, -0.05) is 18.2 Å². The van der Waals surface area contributed by atoms with E-state index >= 15 is 0 Å². The highest BCUT2D eigenvalue weighted by atomic mass is 16.5. The molecule has 164 valence electrons. The van der Waals surface area contributed by atoms with Crippen LogP contribution >= 0.6 is 0 Å². The molecular weight excluding hydrogens is 404 g/mol. The first kappa shape index (κ1) is 20.9. The average Bonchev–Trinajstić information content (AvgIpc) is 3.14. The molecule has 0 aliphatic carbocycles. The third-order valence-corrected chi connectivity index (χ3v) is 5.72. The summed E-state index contributed by atoms with van der Waals surface area (Å²) in [6, 6.07) is 6.22. The van der Waals surface area contributed by atoms with E-state index in [2.05, 4.69) is 15.6 Å². The number of ether oxygens (including phenoxy) is 1. The van der Waals surface area contributed by atoms with Gasteiger partial charge in [-0.3, -0.25) is 14.4 Å². The Morgan fingerprint density at radius 2 is 2.03 bits per heavy atom. The fraction of sp³-hybridized carbons (Fsp3) is 0.429. The molecule has 0 unspecified atom stereocenters. The lowest BCUT2D eigenvalue weighted by atomic mass is 9.91. The van der Waals surface area contributed by atoms with Crippen LogP contribution in [-0.4, -0.2) is 71.5 Å². The third kappa shape index (κ3) is 4.53. The van der Waals surface area contributed by atoms with Gasteiger partial charge in [0.2, 0.25) is 17.7 Å². The van der Waals surface area contributed by atoms with E-state index in [1.54, 1.807) is 4.90 Å². The molecule has 3 N–H and O–H groups in total. The van der Waals surface area contributed by atoms with E-state index < -0.39 is 37.2 Å². The van der Waals surface area contributed by atoms with E-state index in [4.69, 9.17) is 4.74 Å². The molecule has 2 aliphatic heterocycles. The molecule has 10 heteroatoms. The van der Waals surface area contributed by atoms with E-state index in [0.717, 1.165) is 16.5 Å². The average molecular weight is 427 g/mol. The molecule has 10 nitrogen and oxygen atoms in total. The van der Waals surface area contributed by atoms with Crippen molar-refractivity contribution in [2.75, 3.05) is 19.8 Å². The van der Waals surface area contributed by atoms with Crippen LogP contribution in [0.25, 0.3) is 10.9 Å². The lowest BCUT2D eigenvalue weighted by Gasteiger charge is -2.44.